The van der Waals surface area contributed by atoms with Gasteiger partial charge in [0.1, 0.15) is 11.3 Å². The van der Waals surface area contributed by atoms with E-state index in [0.717, 1.165) is 0 Å². The molecule has 18 heavy (non-hydrogen) atoms. The van der Waals surface area contributed by atoms with Gasteiger partial charge < -0.3 is 4.98 Å². The third-order valence-electron chi connectivity index (χ3n) is 2.74. The number of nitrogens with one attached hydrogen (secondary N) is 1. The number of aromatic amines is 1. The fraction of sp³-hybridized carbons (Fsp3) is 0. The Morgan fingerprint density at radius 2 is 1.83 bits per heavy atom. The van der Waals surface area contributed by atoms with Crippen molar-refractivity contribution < 1.29 is 4.39 Å². The van der Waals surface area contributed by atoms with E-state index < -0.39 is 5.82 Å². The van der Waals surface area contributed by atoms with Crippen LogP contribution in [0.15, 0.2) is 47.3 Å². The van der Waals surface area contributed by atoms with Gasteiger partial charge in [0.05, 0.1) is 11.2 Å². The molecule has 0 bridgehead atoms. The van der Waals surface area contributed by atoms with Crippen LogP contribution in [0, 0.1) is 5.82 Å². The number of imidazole rings is 1. The highest BCUT2D eigenvalue weighted by Gasteiger charge is 2.12. The molecule has 1 N–H and O–H groups in total. The van der Waals surface area contributed by atoms with Crippen molar-refractivity contribution in [2.24, 2.45) is 0 Å². The van der Waals surface area contributed by atoms with Crippen molar-refractivity contribution in [1.82, 2.24) is 9.55 Å². The van der Waals surface area contributed by atoms with E-state index in [1.165, 1.54) is 10.6 Å². The molecular formula is C13H8ClFN2O. The smallest absolute Gasteiger partial charge is 0.305 e. The Morgan fingerprint density at radius 1 is 1.11 bits per heavy atom. The van der Waals surface area contributed by atoms with E-state index in [-0.39, 0.29) is 11.2 Å². The molecular weight excluding hydrogens is 255 g/mol. The molecule has 90 valence electrons. The van der Waals surface area contributed by atoms with Gasteiger partial charge in [-0.1, -0.05) is 17.7 Å². The van der Waals surface area contributed by atoms with Crippen LogP contribution in [-0.2, 0) is 0 Å². The molecule has 0 aliphatic carbocycles. The monoisotopic (exact) mass is 262 g/mol. The number of para-hydroxylation sites is 1. The van der Waals surface area contributed by atoms with Crippen LogP contribution in [0.1, 0.15) is 0 Å². The molecule has 1 aromatic heterocycles. The quantitative estimate of drug-likeness (QED) is 0.719. The molecule has 0 unspecified atom stereocenters. The minimum Gasteiger partial charge on any atom is -0.305 e. The summed E-state index contributed by atoms with van der Waals surface area (Å²) in [7, 11) is 0. The number of aromatic nitrogens is 2. The van der Waals surface area contributed by atoms with Gasteiger partial charge >= 0.3 is 5.69 Å². The van der Waals surface area contributed by atoms with E-state index in [2.05, 4.69) is 4.98 Å². The maximum atomic E-state index is 13.8. The normalized spacial score (nSPS) is 11.0. The second kappa shape index (κ2) is 3.99. The van der Waals surface area contributed by atoms with Crippen molar-refractivity contribution in [1.29, 1.82) is 0 Å². The number of hydrogen-bond donors (Lipinski definition) is 1. The molecule has 0 atom stereocenters. The van der Waals surface area contributed by atoms with E-state index in [9.17, 15) is 9.18 Å². The van der Waals surface area contributed by atoms with E-state index in [1.807, 2.05) is 0 Å². The first-order valence-electron chi connectivity index (χ1n) is 5.32. The van der Waals surface area contributed by atoms with Gasteiger partial charge in [-0.25, -0.2) is 9.18 Å². The molecule has 0 aliphatic rings. The number of H-pyrrole nitrogens is 1. The number of benzene rings is 2. The minimum absolute atomic E-state index is 0.241. The Balaban J connectivity index is 2.38. The topological polar surface area (TPSA) is 37.8 Å². The van der Waals surface area contributed by atoms with Gasteiger partial charge in [0.2, 0.25) is 0 Å². The van der Waals surface area contributed by atoms with Crippen molar-refractivity contribution >= 4 is 22.6 Å². The average Bonchev–Trinajstić information content (AvgIpc) is 2.68. The van der Waals surface area contributed by atoms with E-state index in [0.29, 0.717) is 16.2 Å². The molecule has 0 fully saturated rings. The lowest BCUT2D eigenvalue weighted by Crippen LogP contribution is -2.14. The number of fused-ring (bicyclic) bond motifs is 1. The highest BCUT2D eigenvalue weighted by Crippen LogP contribution is 2.19. The van der Waals surface area contributed by atoms with E-state index in [1.54, 1.807) is 36.4 Å². The van der Waals surface area contributed by atoms with Crippen molar-refractivity contribution in [3.8, 4) is 5.69 Å². The third-order valence-corrected chi connectivity index (χ3v) is 2.99. The zero-order valence-corrected chi connectivity index (χ0v) is 9.91. The van der Waals surface area contributed by atoms with Gasteiger partial charge in [-0.3, -0.25) is 4.57 Å². The predicted octanol–water partition coefficient (Wildman–Crippen LogP) is 3.11. The van der Waals surface area contributed by atoms with E-state index >= 15 is 0 Å². The summed E-state index contributed by atoms with van der Waals surface area (Å²) in [5.74, 6) is -0.444. The average molecular weight is 263 g/mol. The molecule has 0 saturated carbocycles. The zero-order chi connectivity index (χ0) is 12.7. The number of rotatable bonds is 1. The number of halogens is 2. The molecule has 3 aromatic rings. The molecule has 0 radical (unpaired) electrons. The van der Waals surface area contributed by atoms with Gasteiger partial charge in [-0.2, -0.15) is 0 Å². The molecule has 1 heterocycles. The van der Waals surface area contributed by atoms with Gasteiger partial charge in [0.15, 0.2) is 0 Å². The fourth-order valence-corrected chi connectivity index (χ4v) is 2.08. The summed E-state index contributed by atoms with van der Waals surface area (Å²) < 4.78 is 15.1. The van der Waals surface area contributed by atoms with Crippen LogP contribution in [0.4, 0.5) is 4.39 Å². The Hall–Kier alpha value is -2.07. The first-order chi connectivity index (χ1) is 8.66. The lowest BCUT2D eigenvalue weighted by Gasteiger charge is -2.03. The second-order valence-electron chi connectivity index (χ2n) is 3.88. The number of nitrogens with zero attached hydrogens (tertiary/aromatic N) is 1. The fourth-order valence-electron chi connectivity index (χ4n) is 1.95. The maximum Gasteiger partial charge on any atom is 0.331 e. The maximum absolute atomic E-state index is 13.8. The summed E-state index contributed by atoms with van der Waals surface area (Å²) in [6.45, 7) is 0. The molecule has 0 spiro atoms. The van der Waals surface area contributed by atoms with Crippen LogP contribution in [0.3, 0.4) is 0 Å². The first kappa shape index (κ1) is 11.0. The van der Waals surface area contributed by atoms with Crippen molar-refractivity contribution in [2.75, 3.05) is 0 Å². The number of hydrogen-bond acceptors (Lipinski definition) is 1. The first-order valence-corrected chi connectivity index (χ1v) is 5.70. The minimum atomic E-state index is -0.444. The molecule has 3 rings (SSSR count). The Kier molecular flexibility index (Phi) is 2.45. The van der Waals surface area contributed by atoms with E-state index in [4.69, 9.17) is 11.6 Å². The molecule has 0 aliphatic heterocycles. The zero-order valence-electron chi connectivity index (χ0n) is 9.15. The van der Waals surface area contributed by atoms with Gasteiger partial charge in [-0.05, 0) is 36.4 Å². The predicted molar refractivity (Wildman–Crippen MR) is 68.9 cm³/mol. The van der Waals surface area contributed by atoms with Crippen LogP contribution in [0.5, 0.6) is 0 Å². The lowest BCUT2D eigenvalue weighted by atomic mass is 10.2. The molecule has 0 saturated heterocycles. The standard InChI is InChI=1S/C13H8ClFN2O/c14-8-4-6-9(7-5-8)17-12-10(15)2-1-3-11(12)16-13(17)18/h1-7H,(H,16,18). The van der Waals surface area contributed by atoms with Gasteiger partial charge in [0.25, 0.3) is 0 Å². The second-order valence-corrected chi connectivity index (χ2v) is 4.31. The van der Waals surface area contributed by atoms with Gasteiger partial charge in [0, 0.05) is 5.02 Å². The van der Waals surface area contributed by atoms with Crippen molar-refractivity contribution in [3.05, 3.63) is 63.8 Å². The van der Waals surface area contributed by atoms with Crippen LogP contribution in [-0.4, -0.2) is 9.55 Å². The van der Waals surface area contributed by atoms with Crippen LogP contribution >= 0.6 is 11.6 Å². The largest absolute Gasteiger partial charge is 0.331 e. The van der Waals surface area contributed by atoms with Gasteiger partial charge in [-0.15, -0.1) is 0 Å². The summed E-state index contributed by atoms with van der Waals surface area (Å²) in [6, 6.07) is 11.2. The Bertz CT molecular complexity index is 774. The molecule has 0 amide bonds. The molecule has 3 nitrogen and oxygen atoms in total. The lowest BCUT2D eigenvalue weighted by molar-refractivity contribution is 0.634. The SMILES string of the molecule is O=c1[nH]c2cccc(F)c2n1-c1ccc(Cl)cc1. The third kappa shape index (κ3) is 1.62. The van der Waals surface area contributed by atoms with Crippen LogP contribution in [0.25, 0.3) is 16.7 Å². The summed E-state index contributed by atoms with van der Waals surface area (Å²) in [4.78, 5) is 14.5. The summed E-state index contributed by atoms with van der Waals surface area (Å²) in [5.41, 5.74) is 0.901. The van der Waals surface area contributed by atoms with Crippen molar-refractivity contribution in [3.63, 3.8) is 0 Å². The van der Waals surface area contributed by atoms with Crippen LogP contribution < -0.4 is 5.69 Å². The Labute approximate surface area is 106 Å². The summed E-state index contributed by atoms with van der Waals surface area (Å²) in [6.07, 6.45) is 0. The van der Waals surface area contributed by atoms with Crippen LogP contribution in [0.2, 0.25) is 5.02 Å². The summed E-state index contributed by atoms with van der Waals surface area (Å²) in [5, 5.41) is 0.562. The van der Waals surface area contributed by atoms with Crippen molar-refractivity contribution in [2.45, 2.75) is 0 Å². The summed E-state index contributed by atoms with van der Waals surface area (Å²) >= 11 is 5.79. The molecule has 5 heteroatoms. The Morgan fingerprint density at radius 3 is 2.56 bits per heavy atom. The molecule has 2 aromatic carbocycles. The highest BCUT2D eigenvalue weighted by molar-refractivity contribution is 6.30. The highest BCUT2D eigenvalue weighted by atomic mass is 35.5.